The van der Waals surface area contributed by atoms with Crippen molar-refractivity contribution >= 4 is 5.69 Å². The topological polar surface area (TPSA) is 70.3 Å². The first-order valence-corrected chi connectivity index (χ1v) is 4.68. The van der Waals surface area contributed by atoms with Crippen LogP contribution in [-0.2, 0) is 0 Å². The van der Waals surface area contributed by atoms with Gasteiger partial charge in [0.15, 0.2) is 11.5 Å². The van der Waals surface area contributed by atoms with Crippen LogP contribution in [0.3, 0.4) is 0 Å². The van der Waals surface area contributed by atoms with Crippen LogP contribution in [0.1, 0.15) is 0 Å². The molecule has 0 saturated heterocycles. The molecule has 82 valence electrons. The number of benzene rings is 1. The van der Waals surface area contributed by atoms with E-state index in [1.807, 2.05) is 12.1 Å². The Balaban J connectivity index is 2.23. The second-order valence-corrected chi connectivity index (χ2v) is 3.05. The molecule has 0 radical (unpaired) electrons. The molecule has 0 aliphatic carbocycles. The smallest absolute Gasteiger partial charge is 0.322 e. The van der Waals surface area contributed by atoms with E-state index >= 15 is 0 Å². The molecular formula is C11H11N3O2. The van der Waals surface area contributed by atoms with Crippen molar-refractivity contribution in [2.45, 2.75) is 0 Å². The van der Waals surface area contributed by atoms with Crippen molar-refractivity contribution in [3.63, 3.8) is 0 Å². The molecule has 1 aromatic heterocycles. The zero-order valence-electron chi connectivity index (χ0n) is 8.75. The zero-order valence-corrected chi connectivity index (χ0v) is 8.75. The molecule has 5 nitrogen and oxygen atoms in total. The molecule has 0 bridgehead atoms. The lowest BCUT2D eigenvalue weighted by atomic mass is 10.3. The van der Waals surface area contributed by atoms with Crippen LogP contribution in [0.15, 0.2) is 36.7 Å². The number of aromatic nitrogens is 2. The molecule has 1 aromatic carbocycles. The van der Waals surface area contributed by atoms with E-state index in [1.54, 1.807) is 19.2 Å². The fraction of sp³-hybridized carbons (Fsp3) is 0.0909. The van der Waals surface area contributed by atoms with Gasteiger partial charge in [0, 0.05) is 0 Å². The van der Waals surface area contributed by atoms with Crippen LogP contribution in [0, 0.1) is 0 Å². The first kappa shape index (κ1) is 10.2. The molecule has 0 aliphatic heterocycles. The second kappa shape index (κ2) is 4.48. The quantitative estimate of drug-likeness (QED) is 0.849. The van der Waals surface area contributed by atoms with E-state index in [1.165, 1.54) is 12.4 Å². The summed E-state index contributed by atoms with van der Waals surface area (Å²) in [6, 6.07) is 7.51. The van der Waals surface area contributed by atoms with Crippen molar-refractivity contribution in [3.8, 4) is 17.5 Å². The minimum atomic E-state index is 0.235. The predicted molar refractivity (Wildman–Crippen MR) is 59.5 cm³/mol. The van der Waals surface area contributed by atoms with Crippen LogP contribution in [0.4, 0.5) is 5.69 Å². The van der Waals surface area contributed by atoms with E-state index in [2.05, 4.69) is 9.97 Å². The molecule has 2 aromatic rings. The average molecular weight is 217 g/mol. The first-order valence-electron chi connectivity index (χ1n) is 4.68. The van der Waals surface area contributed by atoms with Gasteiger partial charge in [-0.15, -0.1) is 0 Å². The van der Waals surface area contributed by atoms with Crippen molar-refractivity contribution in [3.05, 3.63) is 36.7 Å². The molecule has 2 rings (SSSR count). The van der Waals surface area contributed by atoms with Gasteiger partial charge in [-0.2, -0.15) is 0 Å². The number of rotatable bonds is 3. The van der Waals surface area contributed by atoms with Crippen molar-refractivity contribution in [2.75, 3.05) is 12.8 Å². The van der Waals surface area contributed by atoms with Gasteiger partial charge in [-0.25, -0.2) is 9.97 Å². The lowest BCUT2D eigenvalue weighted by Gasteiger charge is -2.07. The third-order valence-corrected chi connectivity index (χ3v) is 1.92. The Bertz CT molecular complexity index is 471. The molecular weight excluding hydrogens is 206 g/mol. The number of nitrogens with two attached hydrogens (primary N) is 1. The van der Waals surface area contributed by atoms with Crippen molar-refractivity contribution < 1.29 is 9.47 Å². The Morgan fingerprint density at radius 1 is 1.06 bits per heavy atom. The number of methoxy groups -OCH3 is 1. The molecule has 0 aliphatic rings. The van der Waals surface area contributed by atoms with Crippen LogP contribution in [0.2, 0.25) is 0 Å². The maximum Gasteiger partial charge on any atom is 0.322 e. The summed E-state index contributed by atoms with van der Waals surface area (Å²) in [6.45, 7) is 0. The minimum absolute atomic E-state index is 0.235. The normalized spacial score (nSPS) is 9.81. The van der Waals surface area contributed by atoms with Crippen LogP contribution in [0.5, 0.6) is 17.5 Å². The molecule has 0 saturated carbocycles. The van der Waals surface area contributed by atoms with Gasteiger partial charge in [0.1, 0.15) is 0 Å². The lowest BCUT2D eigenvalue weighted by molar-refractivity contribution is 0.368. The summed E-state index contributed by atoms with van der Waals surface area (Å²) in [6.07, 6.45) is 2.97. The van der Waals surface area contributed by atoms with E-state index in [4.69, 9.17) is 15.2 Å². The van der Waals surface area contributed by atoms with Gasteiger partial charge in [-0.05, 0) is 12.1 Å². The molecule has 5 heteroatoms. The third kappa shape index (κ3) is 2.20. The highest BCUT2D eigenvalue weighted by Gasteiger charge is 2.05. The number of hydrogen-bond donors (Lipinski definition) is 1. The number of para-hydroxylation sites is 2. The van der Waals surface area contributed by atoms with Gasteiger partial charge in [-0.3, -0.25) is 0 Å². The highest BCUT2D eigenvalue weighted by Crippen LogP contribution is 2.28. The van der Waals surface area contributed by atoms with Gasteiger partial charge in [0.05, 0.1) is 25.2 Å². The molecule has 0 spiro atoms. The van der Waals surface area contributed by atoms with Gasteiger partial charge in [-0.1, -0.05) is 12.1 Å². The average Bonchev–Trinajstić information content (AvgIpc) is 2.33. The fourth-order valence-corrected chi connectivity index (χ4v) is 1.18. The standard InChI is InChI=1S/C11H11N3O2/c1-15-9-4-2-3-5-10(9)16-11-13-6-8(12)7-14-11/h2-7H,12H2,1H3. The summed E-state index contributed by atoms with van der Waals surface area (Å²) in [5.74, 6) is 1.19. The summed E-state index contributed by atoms with van der Waals surface area (Å²) in [5, 5.41) is 0. The largest absolute Gasteiger partial charge is 0.493 e. The van der Waals surface area contributed by atoms with E-state index < -0.39 is 0 Å². The van der Waals surface area contributed by atoms with Crippen LogP contribution >= 0.6 is 0 Å². The van der Waals surface area contributed by atoms with E-state index in [0.29, 0.717) is 17.2 Å². The molecule has 0 amide bonds. The number of hydrogen-bond acceptors (Lipinski definition) is 5. The molecule has 0 unspecified atom stereocenters. The minimum Gasteiger partial charge on any atom is -0.493 e. The second-order valence-electron chi connectivity index (χ2n) is 3.05. The van der Waals surface area contributed by atoms with Crippen LogP contribution < -0.4 is 15.2 Å². The highest BCUT2D eigenvalue weighted by atomic mass is 16.5. The van der Waals surface area contributed by atoms with Gasteiger partial charge >= 0.3 is 6.01 Å². The van der Waals surface area contributed by atoms with E-state index in [9.17, 15) is 0 Å². The number of nitrogens with zero attached hydrogens (tertiary/aromatic N) is 2. The number of nitrogen functional groups attached to an aromatic ring is 1. The molecule has 1 heterocycles. The first-order chi connectivity index (χ1) is 7.79. The Morgan fingerprint density at radius 3 is 2.31 bits per heavy atom. The van der Waals surface area contributed by atoms with Crippen LogP contribution in [0.25, 0.3) is 0 Å². The summed E-state index contributed by atoms with van der Waals surface area (Å²) in [7, 11) is 1.58. The summed E-state index contributed by atoms with van der Waals surface area (Å²) >= 11 is 0. The fourth-order valence-electron chi connectivity index (χ4n) is 1.18. The van der Waals surface area contributed by atoms with E-state index in [0.717, 1.165) is 0 Å². The SMILES string of the molecule is COc1ccccc1Oc1ncc(N)cn1. The summed E-state index contributed by atoms with van der Waals surface area (Å²) in [4.78, 5) is 7.87. The van der Waals surface area contributed by atoms with Gasteiger partial charge in [0.2, 0.25) is 0 Å². The van der Waals surface area contributed by atoms with E-state index in [-0.39, 0.29) is 6.01 Å². The summed E-state index contributed by atoms with van der Waals surface area (Å²) < 4.78 is 10.6. The van der Waals surface area contributed by atoms with Crippen molar-refractivity contribution in [1.82, 2.24) is 9.97 Å². The molecule has 0 atom stereocenters. The van der Waals surface area contributed by atoms with Crippen LogP contribution in [-0.4, -0.2) is 17.1 Å². The van der Waals surface area contributed by atoms with Crippen molar-refractivity contribution in [1.29, 1.82) is 0 Å². The summed E-state index contributed by atoms with van der Waals surface area (Å²) in [5.41, 5.74) is 5.96. The number of ether oxygens (including phenoxy) is 2. The Morgan fingerprint density at radius 2 is 1.69 bits per heavy atom. The van der Waals surface area contributed by atoms with Gasteiger partial charge in [0.25, 0.3) is 0 Å². The molecule has 2 N–H and O–H groups in total. The molecule has 16 heavy (non-hydrogen) atoms. The maximum atomic E-state index is 5.47. The monoisotopic (exact) mass is 217 g/mol. The van der Waals surface area contributed by atoms with Crippen molar-refractivity contribution in [2.24, 2.45) is 0 Å². The van der Waals surface area contributed by atoms with Gasteiger partial charge < -0.3 is 15.2 Å². The Labute approximate surface area is 92.9 Å². The number of anilines is 1. The molecule has 0 fully saturated rings. The third-order valence-electron chi connectivity index (χ3n) is 1.92. The predicted octanol–water partition coefficient (Wildman–Crippen LogP) is 1.86. The highest BCUT2D eigenvalue weighted by molar-refractivity contribution is 5.41. The zero-order chi connectivity index (χ0) is 11.4. The maximum absolute atomic E-state index is 5.47. The lowest BCUT2D eigenvalue weighted by Crippen LogP contribution is -1.95. The Kier molecular flexibility index (Phi) is 2.86. The Hall–Kier alpha value is -2.30.